The molecule has 3 rings (SSSR count). The molecule has 1 heterocycles. The van der Waals surface area contributed by atoms with E-state index >= 15 is 0 Å². The average molecular weight is 569 g/mol. The van der Waals surface area contributed by atoms with Crippen molar-refractivity contribution in [3.8, 4) is 0 Å². The summed E-state index contributed by atoms with van der Waals surface area (Å²) in [5, 5.41) is 8.47. The summed E-state index contributed by atoms with van der Waals surface area (Å²) in [5.41, 5.74) is 0.286. The first-order valence-corrected chi connectivity index (χ1v) is 15.0. The lowest BCUT2D eigenvalue weighted by Crippen LogP contribution is -2.60. The highest BCUT2D eigenvalue weighted by Gasteiger charge is 2.48. The van der Waals surface area contributed by atoms with Crippen molar-refractivity contribution < 1.29 is 24.0 Å². The number of carbonyl (C=O) groups is 5. The molecule has 9 heteroatoms. The first-order valence-electron chi connectivity index (χ1n) is 15.0. The van der Waals surface area contributed by atoms with E-state index in [-0.39, 0.29) is 42.0 Å². The first-order chi connectivity index (χ1) is 19.2. The number of nitrogens with zero attached hydrogens (tertiary/aromatic N) is 1. The van der Waals surface area contributed by atoms with Crippen molar-refractivity contribution >= 4 is 29.4 Å². The third-order valence-corrected chi connectivity index (χ3v) is 8.20. The third-order valence-electron chi connectivity index (χ3n) is 8.20. The number of carbonyl (C=O) groups excluding carboxylic acids is 5. The maximum absolute atomic E-state index is 14.0. The second-order valence-electron chi connectivity index (χ2n) is 13.4. The molecular formula is C32H48N4O5. The fourth-order valence-electron chi connectivity index (χ4n) is 5.42. The van der Waals surface area contributed by atoms with E-state index in [0.717, 1.165) is 18.4 Å². The molecule has 2 unspecified atom stereocenters. The molecule has 0 radical (unpaired) electrons. The molecule has 1 aromatic carbocycles. The Morgan fingerprint density at radius 3 is 2.10 bits per heavy atom. The highest BCUT2D eigenvalue weighted by Crippen LogP contribution is 2.35. The van der Waals surface area contributed by atoms with Crippen LogP contribution in [0.1, 0.15) is 79.7 Å². The molecule has 1 saturated heterocycles. The largest absolute Gasteiger partial charge is 0.345 e. The van der Waals surface area contributed by atoms with E-state index in [2.05, 4.69) is 16.0 Å². The van der Waals surface area contributed by atoms with Crippen LogP contribution in [0.4, 0.5) is 0 Å². The fourth-order valence-corrected chi connectivity index (χ4v) is 5.42. The maximum atomic E-state index is 14.0. The topological polar surface area (TPSA) is 125 Å². The number of Topliss-reactive ketones (excluding diaryl/α,β-unsaturated/α-hetero) is 1. The van der Waals surface area contributed by atoms with Crippen LogP contribution in [0.2, 0.25) is 0 Å². The molecule has 1 aromatic rings. The van der Waals surface area contributed by atoms with E-state index in [1.807, 2.05) is 65.0 Å². The Balaban J connectivity index is 1.80. The zero-order chi connectivity index (χ0) is 30.5. The highest BCUT2D eigenvalue weighted by atomic mass is 16.2. The summed E-state index contributed by atoms with van der Waals surface area (Å²) in [6.07, 6.45) is 2.94. The number of ketones is 1. The predicted molar refractivity (Wildman–Crippen MR) is 157 cm³/mol. The van der Waals surface area contributed by atoms with Crippen LogP contribution < -0.4 is 16.0 Å². The molecule has 0 bridgehead atoms. The number of likely N-dealkylation sites (tertiary alicyclic amines) is 1. The van der Waals surface area contributed by atoms with Crippen LogP contribution in [0, 0.1) is 29.1 Å². The average Bonchev–Trinajstić information content (AvgIpc) is 3.61. The van der Waals surface area contributed by atoms with Gasteiger partial charge in [0.25, 0.3) is 5.91 Å². The molecule has 1 saturated carbocycles. The molecular weight excluding hydrogens is 520 g/mol. The summed E-state index contributed by atoms with van der Waals surface area (Å²) in [5.74, 6) is -2.39. The van der Waals surface area contributed by atoms with Crippen LogP contribution in [-0.4, -0.2) is 59.0 Å². The minimum absolute atomic E-state index is 0.105. The van der Waals surface area contributed by atoms with Crippen molar-refractivity contribution in [2.24, 2.45) is 29.1 Å². The van der Waals surface area contributed by atoms with Gasteiger partial charge in [-0.1, -0.05) is 91.6 Å². The lowest BCUT2D eigenvalue weighted by Gasteiger charge is -2.37. The van der Waals surface area contributed by atoms with E-state index in [0.29, 0.717) is 19.4 Å². The molecule has 4 atom stereocenters. The van der Waals surface area contributed by atoms with Crippen LogP contribution in [0.25, 0.3) is 0 Å². The standard InChI is InChI=1S/C32H48N4O5/c1-19(2)23-15-16-36(31(41)27(32(5,6)7)35-28(38)20(3)4)25(23)29(39)34-24(17-21-13-14-21)26(37)30(40)33-18-22-11-9-8-10-12-22/h8-12,19-21,23-25,27H,13-18H2,1-7H3,(H,33,40)(H,34,39)(H,35,38)/t23-,24?,25?,27-/m1/s1. The number of hydrogen-bond acceptors (Lipinski definition) is 5. The second-order valence-corrected chi connectivity index (χ2v) is 13.4. The van der Waals surface area contributed by atoms with Crippen molar-refractivity contribution in [3.05, 3.63) is 35.9 Å². The zero-order valence-electron chi connectivity index (χ0n) is 25.7. The summed E-state index contributed by atoms with van der Waals surface area (Å²) >= 11 is 0. The quantitative estimate of drug-likeness (QED) is 0.334. The van der Waals surface area contributed by atoms with Gasteiger partial charge in [-0.25, -0.2) is 0 Å². The molecule has 1 aliphatic heterocycles. The number of amides is 4. The summed E-state index contributed by atoms with van der Waals surface area (Å²) in [6.45, 7) is 13.8. The Kier molecular flexibility index (Phi) is 10.7. The summed E-state index contributed by atoms with van der Waals surface area (Å²) < 4.78 is 0. The molecule has 0 aromatic heterocycles. The Labute approximate surface area is 244 Å². The van der Waals surface area contributed by atoms with Crippen LogP contribution in [-0.2, 0) is 30.5 Å². The van der Waals surface area contributed by atoms with Gasteiger partial charge in [-0.3, -0.25) is 24.0 Å². The number of benzene rings is 1. The molecule has 0 spiro atoms. The van der Waals surface area contributed by atoms with Crippen molar-refractivity contribution in [2.75, 3.05) is 6.54 Å². The van der Waals surface area contributed by atoms with Crippen molar-refractivity contribution in [1.29, 1.82) is 0 Å². The summed E-state index contributed by atoms with van der Waals surface area (Å²) in [7, 11) is 0. The van der Waals surface area contributed by atoms with E-state index in [1.54, 1.807) is 18.7 Å². The molecule has 9 nitrogen and oxygen atoms in total. The lowest BCUT2D eigenvalue weighted by molar-refractivity contribution is -0.146. The summed E-state index contributed by atoms with van der Waals surface area (Å²) in [6, 6.07) is 6.74. The first kappa shape index (κ1) is 32.3. The monoisotopic (exact) mass is 568 g/mol. The normalized spacial score (nSPS) is 20.5. The van der Waals surface area contributed by atoms with Gasteiger partial charge < -0.3 is 20.9 Å². The van der Waals surface area contributed by atoms with Crippen molar-refractivity contribution in [2.45, 2.75) is 98.8 Å². The number of hydrogen-bond donors (Lipinski definition) is 3. The molecule has 226 valence electrons. The van der Waals surface area contributed by atoms with Crippen LogP contribution >= 0.6 is 0 Å². The van der Waals surface area contributed by atoms with Gasteiger partial charge in [-0.2, -0.15) is 0 Å². The Morgan fingerprint density at radius 1 is 0.927 bits per heavy atom. The maximum Gasteiger partial charge on any atom is 0.289 e. The predicted octanol–water partition coefficient (Wildman–Crippen LogP) is 3.22. The molecule has 3 N–H and O–H groups in total. The molecule has 4 amide bonds. The Hall–Kier alpha value is -3.23. The van der Waals surface area contributed by atoms with Gasteiger partial charge >= 0.3 is 0 Å². The molecule has 41 heavy (non-hydrogen) atoms. The third kappa shape index (κ3) is 8.63. The highest BCUT2D eigenvalue weighted by molar-refractivity contribution is 6.38. The van der Waals surface area contributed by atoms with E-state index in [1.165, 1.54) is 0 Å². The van der Waals surface area contributed by atoms with Gasteiger partial charge in [0.2, 0.25) is 23.5 Å². The SMILES string of the molecule is CC(C)C(=O)N[C@H](C(=O)N1CC[C@H](C(C)C)C1C(=O)NC(CC1CC1)C(=O)C(=O)NCc1ccccc1)C(C)(C)C. The van der Waals surface area contributed by atoms with E-state index < -0.39 is 41.1 Å². The van der Waals surface area contributed by atoms with Crippen molar-refractivity contribution in [1.82, 2.24) is 20.9 Å². The second kappa shape index (κ2) is 13.6. The number of nitrogens with one attached hydrogen (secondary N) is 3. The van der Waals surface area contributed by atoms with Gasteiger partial charge in [0.1, 0.15) is 12.1 Å². The number of rotatable bonds is 12. The smallest absolute Gasteiger partial charge is 0.289 e. The summed E-state index contributed by atoms with van der Waals surface area (Å²) in [4.78, 5) is 68.2. The fraction of sp³-hybridized carbons (Fsp3) is 0.656. The van der Waals surface area contributed by atoms with Crippen LogP contribution in [0.15, 0.2) is 30.3 Å². The van der Waals surface area contributed by atoms with E-state index in [9.17, 15) is 24.0 Å². The lowest BCUT2D eigenvalue weighted by atomic mass is 9.84. The Morgan fingerprint density at radius 2 is 1.56 bits per heavy atom. The minimum Gasteiger partial charge on any atom is -0.345 e. The van der Waals surface area contributed by atoms with Gasteiger partial charge in [-0.05, 0) is 41.6 Å². The van der Waals surface area contributed by atoms with Crippen LogP contribution in [0.5, 0.6) is 0 Å². The Bertz CT molecular complexity index is 1110. The zero-order valence-corrected chi connectivity index (χ0v) is 25.7. The van der Waals surface area contributed by atoms with Gasteiger partial charge in [0.15, 0.2) is 0 Å². The van der Waals surface area contributed by atoms with Crippen LogP contribution in [0.3, 0.4) is 0 Å². The van der Waals surface area contributed by atoms with Crippen molar-refractivity contribution in [3.63, 3.8) is 0 Å². The van der Waals surface area contributed by atoms with Gasteiger partial charge in [0.05, 0.1) is 6.04 Å². The minimum atomic E-state index is -0.963. The molecule has 2 aliphatic rings. The molecule has 2 fully saturated rings. The van der Waals surface area contributed by atoms with Gasteiger partial charge in [0, 0.05) is 19.0 Å². The molecule has 1 aliphatic carbocycles. The van der Waals surface area contributed by atoms with E-state index in [4.69, 9.17) is 0 Å². The van der Waals surface area contributed by atoms with Gasteiger partial charge in [-0.15, -0.1) is 0 Å².